The van der Waals surface area contributed by atoms with Gasteiger partial charge in [-0.1, -0.05) is 38.1 Å². The van der Waals surface area contributed by atoms with Crippen LogP contribution in [0.1, 0.15) is 44.2 Å². The molecule has 1 aliphatic rings. The van der Waals surface area contributed by atoms with Gasteiger partial charge >= 0.3 is 5.97 Å². The Labute approximate surface area is 121 Å². The second-order valence-electron chi connectivity index (χ2n) is 6.22. The number of carbonyl (C=O) groups is 1. The molecule has 1 aromatic rings. The van der Waals surface area contributed by atoms with Crippen LogP contribution in [-0.2, 0) is 17.8 Å². The van der Waals surface area contributed by atoms with Crippen molar-refractivity contribution in [2.75, 3.05) is 6.54 Å². The van der Waals surface area contributed by atoms with Crippen LogP contribution >= 0.6 is 0 Å². The van der Waals surface area contributed by atoms with Gasteiger partial charge in [-0.05, 0) is 42.9 Å². The quantitative estimate of drug-likeness (QED) is 0.791. The van der Waals surface area contributed by atoms with Gasteiger partial charge in [0, 0.05) is 12.6 Å². The molecule has 0 unspecified atom stereocenters. The molecule has 20 heavy (non-hydrogen) atoms. The fraction of sp³-hybridized carbons (Fsp3) is 0.588. The van der Waals surface area contributed by atoms with Crippen molar-refractivity contribution in [2.45, 2.75) is 52.1 Å². The first-order valence-electron chi connectivity index (χ1n) is 7.59. The Morgan fingerprint density at radius 1 is 1.30 bits per heavy atom. The first-order valence-corrected chi connectivity index (χ1v) is 7.59. The van der Waals surface area contributed by atoms with E-state index >= 15 is 0 Å². The zero-order valence-corrected chi connectivity index (χ0v) is 12.5. The van der Waals surface area contributed by atoms with Crippen LogP contribution in [0.3, 0.4) is 0 Å². The van der Waals surface area contributed by atoms with E-state index in [-0.39, 0.29) is 6.42 Å². The number of benzene rings is 1. The number of hydrogen-bond donors (Lipinski definition) is 1. The summed E-state index contributed by atoms with van der Waals surface area (Å²) in [6, 6.07) is 8.66. The summed E-state index contributed by atoms with van der Waals surface area (Å²) in [5.41, 5.74) is 2.13. The molecular formula is C17H25NO2. The van der Waals surface area contributed by atoms with Gasteiger partial charge in [-0.25, -0.2) is 0 Å². The molecule has 0 spiro atoms. The molecule has 1 N–H and O–H groups in total. The highest BCUT2D eigenvalue weighted by Crippen LogP contribution is 2.29. The van der Waals surface area contributed by atoms with E-state index in [2.05, 4.69) is 24.8 Å². The Hall–Kier alpha value is -1.35. The summed E-state index contributed by atoms with van der Waals surface area (Å²) in [5.74, 6) is -0.0388. The van der Waals surface area contributed by atoms with Gasteiger partial charge in [0.15, 0.2) is 0 Å². The molecule has 1 fully saturated rings. The van der Waals surface area contributed by atoms with Crippen LogP contribution in [0.4, 0.5) is 0 Å². The molecule has 0 radical (unpaired) electrons. The summed E-state index contributed by atoms with van der Waals surface area (Å²) < 4.78 is 0. The van der Waals surface area contributed by atoms with Crippen molar-refractivity contribution < 1.29 is 9.90 Å². The van der Waals surface area contributed by atoms with Crippen LogP contribution in [0.2, 0.25) is 0 Å². The summed E-state index contributed by atoms with van der Waals surface area (Å²) >= 11 is 0. The van der Waals surface area contributed by atoms with Gasteiger partial charge in [0.25, 0.3) is 0 Å². The number of carboxylic acid groups (broad SMARTS) is 1. The van der Waals surface area contributed by atoms with Gasteiger partial charge in [-0.3, -0.25) is 9.69 Å². The highest BCUT2D eigenvalue weighted by atomic mass is 16.4. The van der Waals surface area contributed by atoms with Crippen molar-refractivity contribution in [3.63, 3.8) is 0 Å². The third-order valence-corrected chi connectivity index (χ3v) is 3.89. The van der Waals surface area contributed by atoms with Crippen LogP contribution in [0.25, 0.3) is 0 Å². The molecule has 0 atom stereocenters. The smallest absolute Gasteiger partial charge is 0.307 e. The highest BCUT2D eigenvalue weighted by molar-refractivity contribution is 5.70. The molecule has 0 aliphatic heterocycles. The van der Waals surface area contributed by atoms with E-state index in [1.807, 2.05) is 18.2 Å². The summed E-state index contributed by atoms with van der Waals surface area (Å²) in [6.45, 7) is 6.51. The molecule has 2 rings (SSSR count). The minimum Gasteiger partial charge on any atom is -0.481 e. The standard InChI is InChI=1S/C17H25NO2/c1-13(2)9-10-18(16-7-8-16)12-15-6-4-3-5-14(15)11-17(19)20/h3-6,13,16H,7-12H2,1-2H3,(H,19,20). The second kappa shape index (κ2) is 6.89. The predicted molar refractivity (Wildman–Crippen MR) is 80.7 cm³/mol. The van der Waals surface area contributed by atoms with Gasteiger partial charge in [0.2, 0.25) is 0 Å². The van der Waals surface area contributed by atoms with Gasteiger partial charge < -0.3 is 5.11 Å². The lowest BCUT2D eigenvalue weighted by molar-refractivity contribution is -0.136. The summed E-state index contributed by atoms with van der Waals surface area (Å²) in [4.78, 5) is 13.5. The highest BCUT2D eigenvalue weighted by Gasteiger charge is 2.29. The topological polar surface area (TPSA) is 40.5 Å². The molecule has 110 valence electrons. The van der Waals surface area contributed by atoms with Gasteiger partial charge in [-0.2, -0.15) is 0 Å². The van der Waals surface area contributed by atoms with E-state index in [9.17, 15) is 4.79 Å². The Balaban J connectivity index is 2.04. The lowest BCUT2D eigenvalue weighted by Crippen LogP contribution is -2.28. The zero-order chi connectivity index (χ0) is 14.5. The maximum atomic E-state index is 11.0. The lowest BCUT2D eigenvalue weighted by Gasteiger charge is -2.24. The van der Waals surface area contributed by atoms with E-state index in [0.717, 1.165) is 18.7 Å². The Kier molecular flexibility index (Phi) is 5.18. The van der Waals surface area contributed by atoms with Gasteiger partial charge in [0.1, 0.15) is 0 Å². The molecule has 3 nitrogen and oxygen atoms in total. The molecular weight excluding hydrogens is 250 g/mol. The fourth-order valence-electron chi connectivity index (χ4n) is 2.52. The van der Waals surface area contributed by atoms with Crippen molar-refractivity contribution in [3.05, 3.63) is 35.4 Å². The summed E-state index contributed by atoms with van der Waals surface area (Å²) in [5, 5.41) is 9.01. The van der Waals surface area contributed by atoms with Crippen molar-refractivity contribution in [3.8, 4) is 0 Å². The summed E-state index contributed by atoms with van der Waals surface area (Å²) in [6.07, 6.45) is 3.91. The van der Waals surface area contributed by atoms with Crippen LogP contribution in [0, 0.1) is 5.92 Å². The lowest BCUT2D eigenvalue weighted by atomic mass is 10.0. The largest absolute Gasteiger partial charge is 0.481 e. The Morgan fingerprint density at radius 3 is 2.50 bits per heavy atom. The van der Waals surface area contributed by atoms with Gasteiger partial charge in [0.05, 0.1) is 6.42 Å². The van der Waals surface area contributed by atoms with E-state index in [1.165, 1.54) is 24.8 Å². The average molecular weight is 275 g/mol. The fourth-order valence-corrected chi connectivity index (χ4v) is 2.52. The minimum absolute atomic E-state index is 0.124. The van der Waals surface area contributed by atoms with E-state index in [1.54, 1.807) is 0 Å². The van der Waals surface area contributed by atoms with Gasteiger partial charge in [-0.15, -0.1) is 0 Å². The molecule has 0 saturated heterocycles. The third kappa shape index (κ3) is 4.64. The number of carboxylic acids is 1. The number of nitrogens with zero attached hydrogens (tertiary/aromatic N) is 1. The SMILES string of the molecule is CC(C)CCN(Cc1ccccc1CC(=O)O)C1CC1. The van der Waals surface area contributed by atoms with Crippen molar-refractivity contribution in [1.29, 1.82) is 0 Å². The molecule has 1 aromatic carbocycles. The van der Waals surface area contributed by atoms with Crippen LogP contribution in [0.5, 0.6) is 0 Å². The van der Waals surface area contributed by atoms with Crippen LogP contribution in [-0.4, -0.2) is 28.6 Å². The van der Waals surface area contributed by atoms with Crippen LogP contribution < -0.4 is 0 Å². The monoisotopic (exact) mass is 275 g/mol. The maximum absolute atomic E-state index is 11.0. The number of rotatable bonds is 8. The molecule has 0 bridgehead atoms. The first-order chi connectivity index (χ1) is 9.56. The van der Waals surface area contributed by atoms with Crippen LogP contribution in [0.15, 0.2) is 24.3 Å². The molecule has 0 aromatic heterocycles. The first kappa shape index (κ1) is 15.0. The van der Waals surface area contributed by atoms with E-state index in [4.69, 9.17) is 5.11 Å². The van der Waals surface area contributed by atoms with Crippen molar-refractivity contribution in [1.82, 2.24) is 4.90 Å². The normalized spacial score (nSPS) is 15.0. The molecule has 3 heteroatoms. The molecule has 1 saturated carbocycles. The maximum Gasteiger partial charge on any atom is 0.307 e. The molecule has 0 heterocycles. The predicted octanol–water partition coefficient (Wildman–Crippen LogP) is 3.32. The van der Waals surface area contributed by atoms with E-state index < -0.39 is 5.97 Å². The van der Waals surface area contributed by atoms with E-state index in [0.29, 0.717) is 12.0 Å². The number of hydrogen-bond acceptors (Lipinski definition) is 2. The minimum atomic E-state index is -0.752. The zero-order valence-electron chi connectivity index (χ0n) is 12.5. The van der Waals surface area contributed by atoms with Crippen molar-refractivity contribution >= 4 is 5.97 Å². The van der Waals surface area contributed by atoms with Crippen molar-refractivity contribution in [2.24, 2.45) is 5.92 Å². The summed E-state index contributed by atoms with van der Waals surface area (Å²) in [7, 11) is 0. The average Bonchev–Trinajstić information content (AvgIpc) is 3.19. The Bertz CT molecular complexity index is 452. The second-order valence-corrected chi connectivity index (χ2v) is 6.22. The Morgan fingerprint density at radius 2 is 1.95 bits per heavy atom. The third-order valence-electron chi connectivity index (χ3n) is 3.89. The number of aliphatic carboxylic acids is 1. The molecule has 0 amide bonds. The molecule has 1 aliphatic carbocycles.